The van der Waals surface area contributed by atoms with E-state index in [1.165, 1.54) is 4.91 Å². The zero-order valence-corrected chi connectivity index (χ0v) is 18.5. The average molecular weight is 387 g/mol. The van der Waals surface area contributed by atoms with Crippen LogP contribution in [0, 0.1) is 5.82 Å². The number of rotatable bonds is 11. The van der Waals surface area contributed by atoms with Gasteiger partial charge in [-0.15, -0.1) is 11.8 Å². The Morgan fingerprint density at radius 2 is 2.00 bits per heavy atom. The number of aryl methyl sites for hydroxylation is 1. The third-order valence-corrected chi connectivity index (χ3v) is 5.68. The van der Waals surface area contributed by atoms with Gasteiger partial charge in [-0.2, -0.15) is 0 Å². The molecule has 0 heterocycles. The number of thioether (sulfide) groups is 1. The van der Waals surface area contributed by atoms with Crippen LogP contribution in [0.4, 0.5) is 4.39 Å². The summed E-state index contributed by atoms with van der Waals surface area (Å²) in [4.78, 5) is 1.20. The molecule has 2 heteroatoms. The molecule has 1 aromatic rings. The largest absolute Gasteiger partial charge is 0.207 e. The van der Waals surface area contributed by atoms with Gasteiger partial charge in [-0.05, 0) is 86.1 Å². The Balaban J connectivity index is 2.83. The van der Waals surface area contributed by atoms with Crippen LogP contribution < -0.4 is 0 Å². The lowest BCUT2D eigenvalue weighted by Crippen LogP contribution is -2.00. The molecule has 0 aromatic heterocycles. The van der Waals surface area contributed by atoms with E-state index >= 15 is 0 Å². The van der Waals surface area contributed by atoms with Gasteiger partial charge in [0.1, 0.15) is 5.82 Å². The van der Waals surface area contributed by atoms with E-state index < -0.39 is 0 Å². The molecule has 0 saturated heterocycles. The molecule has 0 amide bonds. The lowest BCUT2D eigenvalue weighted by Gasteiger charge is -2.16. The molecule has 27 heavy (non-hydrogen) atoms. The van der Waals surface area contributed by atoms with Crippen molar-refractivity contribution in [3.05, 3.63) is 82.1 Å². The Labute approximate surface area is 170 Å². The summed E-state index contributed by atoms with van der Waals surface area (Å²) < 4.78 is 14.6. The van der Waals surface area contributed by atoms with Crippen LogP contribution in [0.2, 0.25) is 0 Å². The highest BCUT2D eigenvalue weighted by molar-refractivity contribution is 8.02. The first-order valence-corrected chi connectivity index (χ1v) is 11.2. The van der Waals surface area contributed by atoms with E-state index in [9.17, 15) is 4.39 Å². The molecule has 0 spiro atoms. The van der Waals surface area contributed by atoms with Gasteiger partial charge in [-0.3, -0.25) is 0 Å². The van der Waals surface area contributed by atoms with Crippen LogP contribution in [0.1, 0.15) is 70.4 Å². The quantitative estimate of drug-likeness (QED) is 0.344. The van der Waals surface area contributed by atoms with Gasteiger partial charge in [0.05, 0.1) is 0 Å². The molecule has 1 rings (SSSR count). The Kier molecular flexibility index (Phi) is 11.1. The summed E-state index contributed by atoms with van der Waals surface area (Å²) >= 11 is 1.72. The zero-order chi connectivity index (χ0) is 20.2. The van der Waals surface area contributed by atoms with Gasteiger partial charge in [-0.25, -0.2) is 4.39 Å². The van der Waals surface area contributed by atoms with Gasteiger partial charge >= 0.3 is 0 Å². The van der Waals surface area contributed by atoms with Crippen LogP contribution in [0.5, 0.6) is 0 Å². The van der Waals surface area contributed by atoms with Crippen LogP contribution in [0.25, 0.3) is 0 Å². The van der Waals surface area contributed by atoms with E-state index in [1.807, 2.05) is 26.0 Å². The number of allylic oxidation sites excluding steroid dienone is 6. The van der Waals surface area contributed by atoms with Gasteiger partial charge in [0, 0.05) is 4.91 Å². The molecule has 0 aliphatic carbocycles. The molecule has 1 unspecified atom stereocenters. The molecule has 0 radical (unpaired) electrons. The maximum atomic E-state index is 14.6. The maximum absolute atomic E-state index is 14.6. The van der Waals surface area contributed by atoms with Gasteiger partial charge in [0.15, 0.2) is 0 Å². The van der Waals surface area contributed by atoms with Gasteiger partial charge in [0.25, 0.3) is 0 Å². The second-order valence-corrected chi connectivity index (χ2v) is 7.72. The average Bonchev–Trinajstić information content (AvgIpc) is 2.68. The topological polar surface area (TPSA) is 0 Å². The van der Waals surface area contributed by atoms with Crippen molar-refractivity contribution in [2.45, 2.75) is 65.7 Å². The first kappa shape index (κ1) is 23.5. The Bertz CT molecular complexity index is 694. The normalized spacial score (nSPS) is 14.0. The smallest absolute Gasteiger partial charge is 0.126 e. The van der Waals surface area contributed by atoms with Gasteiger partial charge in [-0.1, -0.05) is 57.2 Å². The predicted octanol–water partition coefficient (Wildman–Crippen LogP) is 8.38. The van der Waals surface area contributed by atoms with Crippen molar-refractivity contribution in [1.82, 2.24) is 0 Å². The highest BCUT2D eigenvalue weighted by atomic mass is 32.2. The molecule has 1 aromatic carbocycles. The number of benzene rings is 1. The van der Waals surface area contributed by atoms with Crippen LogP contribution >= 0.6 is 11.8 Å². The van der Waals surface area contributed by atoms with Crippen molar-refractivity contribution in [3.63, 3.8) is 0 Å². The Morgan fingerprint density at radius 3 is 2.52 bits per heavy atom. The third-order valence-electron chi connectivity index (χ3n) is 4.96. The van der Waals surface area contributed by atoms with E-state index in [0.717, 1.165) is 48.0 Å². The van der Waals surface area contributed by atoms with Gasteiger partial charge in [0.2, 0.25) is 0 Å². The van der Waals surface area contributed by atoms with Crippen LogP contribution in [-0.2, 0) is 6.42 Å². The lowest BCUT2D eigenvalue weighted by atomic mass is 9.90. The monoisotopic (exact) mass is 386 g/mol. The minimum Gasteiger partial charge on any atom is -0.207 e. The standard InChI is InChI=1S/C25H35FS/c1-7-11-20(9-3)23-16-15-22(25(26)18-23)14-13-19(5)21(10-4)17-24(27-6)12-8-2/h8,10,12,15-18,20H,5,7,9,11,13-14H2,1-4,6H3/b12-8?,21-10+,24-17+. The molecular formula is C25H35FS. The maximum Gasteiger partial charge on any atom is 0.126 e. The van der Waals surface area contributed by atoms with Crippen LogP contribution in [0.3, 0.4) is 0 Å². The van der Waals surface area contributed by atoms with E-state index in [1.54, 1.807) is 17.8 Å². The molecule has 0 bridgehead atoms. The van der Waals surface area contributed by atoms with Crippen molar-refractivity contribution >= 4 is 11.8 Å². The van der Waals surface area contributed by atoms with E-state index in [2.05, 4.69) is 51.0 Å². The van der Waals surface area contributed by atoms with Crippen molar-refractivity contribution in [2.75, 3.05) is 6.26 Å². The fourth-order valence-corrected chi connectivity index (χ4v) is 3.80. The molecule has 1 atom stereocenters. The molecular weight excluding hydrogens is 351 g/mol. The zero-order valence-electron chi connectivity index (χ0n) is 17.6. The van der Waals surface area contributed by atoms with Crippen molar-refractivity contribution < 1.29 is 4.39 Å². The van der Waals surface area contributed by atoms with E-state index in [0.29, 0.717) is 12.3 Å². The first-order chi connectivity index (χ1) is 13.0. The molecule has 0 nitrogen and oxygen atoms in total. The molecule has 0 aliphatic rings. The van der Waals surface area contributed by atoms with Gasteiger partial charge < -0.3 is 0 Å². The molecule has 0 fully saturated rings. The minimum atomic E-state index is -0.0776. The summed E-state index contributed by atoms with van der Waals surface area (Å²) in [7, 11) is 0. The van der Waals surface area contributed by atoms with Crippen molar-refractivity contribution in [2.24, 2.45) is 0 Å². The Morgan fingerprint density at radius 1 is 1.26 bits per heavy atom. The molecule has 148 valence electrons. The number of hydrogen-bond donors (Lipinski definition) is 0. The fourth-order valence-electron chi connectivity index (χ4n) is 3.29. The SMILES string of the molecule is C=C(CCc1ccc(C(CC)CCC)cc1F)C(/C=C(\C=CC)SC)=C/C. The van der Waals surface area contributed by atoms with Crippen molar-refractivity contribution in [3.8, 4) is 0 Å². The van der Waals surface area contributed by atoms with Crippen LogP contribution in [-0.4, -0.2) is 6.26 Å². The summed E-state index contributed by atoms with van der Waals surface area (Å²) in [6, 6.07) is 5.82. The summed E-state index contributed by atoms with van der Waals surface area (Å²) in [5.74, 6) is 0.385. The highest BCUT2D eigenvalue weighted by Gasteiger charge is 2.12. The first-order valence-electron chi connectivity index (χ1n) is 10.0. The second-order valence-electron chi connectivity index (χ2n) is 6.84. The molecule has 0 aliphatic heterocycles. The molecule has 0 N–H and O–H groups in total. The van der Waals surface area contributed by atoms with Crippen molar-refractivity contribution in [1.29, 1.82) is 0 Å². The summed E-state index contributed by atoms with van der Waals surface area (Å²) in [5, 5.41) is 0. The third kappa shape index (κ3) is 7.54. The highest BCUT2D eigenvalue weighted by Crippen LogP contribution is 2.27. The lowest BCUT2D eigenvalue weighted by molar-refractivity contribution is 0.575. The Hall–Kier alpha value is -1.54. The fraction of sp³-hybridized carbons (Fsp3) is 0.440. The second kappa shape index (κ2) is 12.8. The van der Waals surface area contributed by atoms with E-state index in [-0.39, 0.29) is 5.82 Å². The summed E-state index contributed by atoms with van der Waals surface area (Å²) in [6.07, 6.45) is 15.2. The van der Waals surface area contributed by atoms with E-state index in [4.69, 9.17) is 0 Å². The number of halogens is 1. The number of hydrogen-bond acceptors (Lipinski definition) is 1. The predicted molar refractivity (Wildman–Crippen MR) is 122 cm³/mol. The van der Waals surface area contributed by atoms with Crippen LogP contribution in [0.15, 0.2) is 65.1 Å². The summed E-state index contributed by atoms with van der Waals surface area (Å²) in [6.45, 7) is 12.6. The minimum absolute atomic E-state index is 0.0776. The summed E-state index contributed by atoms with van der Waals surface area (Å²) in [5.41, 5.74) is 4.09. The molecule has 0 saturated carbocycles.